The highest BCUT2D eigenvalue weighted by atomic mass is 79.9. The quantitative estimate of drug-likeness (QED) is 0.636. The van der Waals surface area contributed by atoms with Crippen LogP contribution in [-0.2, 0) is 16.6 Å². The van der Waals surface area contributed by atoms with Crippen LogP contribution in [-0.4, -0.2) is 33.0 Å². The predicted octanol–water partition coefficient (Wildman–Crippen LogP) is 4.07. The van der Waals surface area contributed by atoms with Gasteiger partial charge in [0.2, 0.25) is 10.0 Å². The molecule has 0 aromatic heterocycles. The molecule has 7 heteroatoms. The van der Waals surface area contributed by atoms with Gasteiger partial charge >= 0.3 is 0 Å². The van der Waals surface area contributed by atoms with Crippen LogP contribution in [0.4, 0.5) is 0 Å². The van der Waals surface area contributed by atoms with Gasteiger partial charge in [-0.2, -0.15) is 4.31 Å². The molecule has 0 atom stereocenters. The number of methoxy groups -OCH3 is 1. The molecule has 2 aromatic rings. The zero-order chi connectivity index (χ0) is 18.4. The van der Waals surface area contributed by atoms with Crippen LogP contribution in [0.2, 0.25) is 0 Å². The summed E-state index contributed by atoms with van der Waals surface area (Å²) in [6.45, 7) is 4.89. The average molecular weight is 428 g/mol. The normalized spacial score (nSPS) is 11.6. The smallest absolute Gasteiger partial charge is 0.243 e. The molecule has 2 rings (SSSR count). The number of hydrogen-bond acceptors (Lipinski definition) is 4. The lowest BCUT2D eigenvalue weighted by molar-refractivity contribution is 0.310. The van der Waals surface area contributed by atoms with E-state index in [4.69, 9.17) is 9.47 Å². The standard InChI is InChI=1S/C18H22BrNO4S/c1-4-20(25(21,22)16-9-7-15(19)8-10-16)13-14-6-11-17(24-5-2)18(12-14)23-3/h6-12H,4-5,13H2,1-3H3. The fraction of sp³-hybridized carbons (Fsp3) is 0.333. The first kappa shape index (κ1) is 19.8. The minimum Gasteiger partial charge on any atom is -0.493 e. The fourth-order valence-electron chi connectivity index (χ4n) is 2.41. The molecule has 0 aliphatic heterocycles. The van der Waals surface area contributed by atoms with Crippen molar-refractivity contribution in [2.45, 2.75) is 25.3 Å². The van der Waals surface area contributed by atoms with Crippen molar-refractivity contribution < 1.29 is 17.9 Å². The number of hydrogen-bond donors (Lipinski definition) is 0. The van der Waals surface area contributed by atoms with Crippen molar-refractivity contribution in [2.24, 2.45) is 0 Å². The van der Waals surface area contributed by atoms with Crippen molar-refractivity contribution in [3.05, 3.63) is 52.5 Å². The van der Waals surface area contributed by atoms with Gasteiger partial charge in [0.15, 0.2) is 11.5 Å². The average Bonchev–Trinajstić information content (AvgIpc) is 2.61. The van der Waals surface area contributed by atoms with E-state index in [9.17, 15) is 8.42 Å². The van der Waals surface area contributed by atoms with Crippen molar-refractivity contribution in [3.8, 4) is 11.5 Å². The summed E-state index contributed by atoms with van der Waals surface area (Å²) in [5.41, 5.74) is 0.836. The van der Waals surface area contributed by atoms with Crippen LogP contribution >= 0.6 is 15.9 Å². The Balaban J connectivity index is 2.28. The molecule has 0 radical (unpaired) electrons. The van der Waals surface area contributed by atoms with Crippen molar-refractivity contribution >= 4 is 26.0 Å². The van der Waals surface area contributed by atoms with E-state index in [-0.39, 0.29) is 11.4 Å². The number of nitrogens with zero attached hydrogens (tertiary/aromatic N) is 1. The lowest BCUT2D eigenvalue weighted by Crippen LogP contribution is -2.30. The summed E-state index contributed by atoms with van der Waals surface area (Å²) in [5, 5.41) is 0. The van der Waals surface area contributed by atoms with E-state index in [2.05, 4.69) is 15.9 Å². The van der Waals surface area contributed by atoms with Gasteiger partial charge in [-0.05, 0) is 48.9 Å². The molecule has 0 amide bonds. The summed E-state index contributed by atoms with van der Waals surface area (Å²) in [6.07, 6.45) is 0. The molecule has 0 fully saturated rings. The molecule has 0 unspecified atom stereocenters. The Labute approximate surface area is 157 Å². The van der Waals surface area contributed by atoms with Crippen molar-refractivity contribution in [1.82, 2.24) is 4.31 Å². The van der Waals surface area contributed by atoms with Gasteiger partial charge in [-0.1, -0.05) is 28.9 Å². The van der Waals surface area contributed by atoms with Crippen LogP contribution in [0.1, 0.15) is 19.4 Å². The maximum Gasteiger partial charge on any atom is 0.243 e. The molecule has 0 aliphatic carbocycles. The molecular formula is C18H22BrNO4S. The summed E-state index contributed by atoms with van der Waals surface area (Å²) in [4.78, 5) is 0.274. The predicted molar refractivity (Wildman–Crippen MR) is 102 cm³/mol. The van der Waals surface area contributed by atoms with Gasteiger partial charge in [0.05, 0.1) is 18.6 Å². The molecule has 2 aromatic carbocycles. The van der Waals surface area contributed by atoms with E-state index in [1.807, 2.05) is 26.0 Å². The Bertz CT molecular complexity index is 806. The van der Waals surface area contributed by atoms with Crippen LogP contribution in [0.15, 0.2) is 51.8 Å². The summed E-state index contributed by atoms with van der Waals surface area (Å²) in [6, 6.07) is 12.1. The molecular weight excluding hydrogens is 406 g/mol. The highest BCUT2D eigenvalue weighted by Gasteiger charge is 2.23. The maximum atomic E-state index is 12.9. The second kappa shape index (κ2) is 8.69. The highest BCUT2D eigenvalue weighted by Crippen LogP contribution is 2.29. The lowest BCUT2D eigenvalue weighted by atomic mass is 10.2. The van der Waals surface area contributed by atoms with Gasteiger partial charge in [-0.25, -0.2) is 8.42 Å². The molecule has 0 saturated carbocycles. The Morgan fingerprint density at radius 1 is 1.04 bits per heavy atom. The molecule has 0 bridgehead atoms. The van der Waals surface area contributed by atoms with E-state index < -0.39 is 10.0 Å². The van der Waals surface area contributed by atoms with Gasteiger partial charge in [0, 0.05) is 17.6 Å². The summed E-state index contributed by atoms with van der Waals surface area (Å²) in [5.74, 6) is 1.24. The van der Waals surface area contributed by atoms with Crippen LogP contribution in [0.25, 0.3) is 0 Å². The zero-order valence-electron chi connectivity index (χ0n) is 14.5. The van der Waals surface area contributed by atoms with E-state index in [0.29, 0.717) is 24.7 Å². The number of sulfonamides is 1. The van der Waals surface area contributed by atoms with E-state index in [1.165, 1.54) is 4.31 Å². The minimum absolute atomic E-state index is 0.262. The van der Waals surface area contributed by atoms with Gasteiger partial charge in [0.1, 0.15) is 0 Å². The second-order valence-electron chi connectivity index (χ2n) is 5.30. The van der Waals surface area contributed by atoms with Crippen LogP contribution < -0.4 is 9.47 Å². The van der Waals surface area contributed by atoms with Gasteiger partial charge in [0.25, 0.3) is 0 Å². The third kappa shape index (κ3) is 4.74. The van der Waals surface area contributed by atoms with Gasteiger partial charge in [-0.3, -0.25) is 0 Å². The first-order chi connectivity index (χ1) is 11.9. The van der Waals surface area contributed by atoms with Crippen LogP contribution in [0.5, 0.6) is 11.5 Å². The van der Waals surface area contributed by atoms with Gasteiger partial charge in [-0.15, -0.1) is 0 Å². The van der Waals surface area contributed by atoms with E-state index >= 15 is 0 Å². The third-order valence-corrected chi connectivity index (χ3v) is 6.15. The fourth-order valence-corrected chi connectivity index (χ4v) is 4.11. The molecule has 0 spiro atoms. The number of rotatable bonds is 8. The number of halogens is 1. The molecule has 25 heavy (non-hydrogen) atoms. The number of benzene rings is 2. The first-order valence-corrected chi connectivity index (χ1v) is 10.2. The zero-order valence-corrected chi connectivity index (χ0v) is 16.9. The summed E-state index contributed by atoms with van der Waals surface area (Å²) < 4.78 is 38.8. The SMILES string of the molecule is CCOc1ccc(CN(CC)S(=O)(=O)c2ccc(Br)cc2)cc1OC. The Kier molecular flexibility index (Phi) is 6.87. The summed E-state index contributed by atoms with van der Waals surface area (Å²) in [7, 11) is -2.00. The molecule has 0 heterocycles. The molecule has 0 saturated heterocycles. The third-order valence-electron chi connectivity index (χ3n) is 3.69. The first-order valence-electron chi connectivity index (χ1n) is 7.97. The summed E-state index contributed by atoms with van der Waals surface area (Å²) >= 11 is 3.32. The molecule has 0 N–H and O–H groups in total. The van der Waals surface area contributed by atoms with E-state index in [0.717, 1.165) is 10.0 Å². The van der Waals surface area contributed by atoms with Crippen molar-refractivity contribution in [1.29, 1.82) is 0 Å². The topological polar surface area (TPSA) is 55.8 Å². The second-order valence-corrected chi connectivity index (χ2v) is 8.16. The van der Waals surface area contributed by atoms with Crippen LogP contribution in [0.3, 0.4) is 0 Å². The Morgan fingerprint density at radius 3 is 2.28 bits per heavy atom. The number of ether oxygens (including phenoxy) is 2. The van der Waals surface area contributed by atoms with Crippen LogP contribution in [0, 0.1) is 0 Å². The largest absolute Gasteiger partial charge is 0.493 e. The molecule has 136 valence electrons. The van der Waals surface area contributed by atoms with Crippen molar-refractivity contribution in [2.75, 3.05) is 20.3 Å². The minimum atomic E-state index is -3.57. The lowest BCUT2D eigenvalue weighted by Gasteiger charge is -2.21. The Morgan fingerprint density at radius 2 is 1.72 bits per heavy atom. The Hall–Kier alpha value is -1.57. The maximum absolute atomic E-state index is 12.9. The highest BCUT2D eigenvalue weighted by molar-refractivity contribution is 9.10. The molecule has 5 nitrogen and oxygen atoms in total. The van der Waals surface area contributed by atoms with Gasteiger partial charge < -0.3 is 9.47 Å². The van der Waals surface area contributed by atoms with E-state index in [1.54, 1.807) is 37.4 Å². The van der Waals surface area contributed by atoms with Crippen molar-refractivity contribution in [3.63, 3.8) is 0 Å². The molecule has 0 aliphatic rings. The monoisotopic (exact) mass is 427 g/mol.